The first-order valence-electron chi connectivity index (χ1n) is 5.43. The van der Waals surface area contributed by atoms with Crippen LogP contribution in [0.1, 0.15) is 17.2 Å². The zero-order chi connectivity index (χ0) is 13.1. The Morgan fingerprint density at radius 3 is 2.44 bits per heavy atom. The lowest BCUT2D eigenvalue weighted by molar-refractivity contribution is 0.215. The minimum absolute atomic E-state index is 0.0485. The van der Waals surface area contributed by atoms with Gasteiger partial charge in [-0.1, -0.05) is 41.9 Å². The Hall–Kier alpha value is -1.71. The number of methoxy groups -OCH3 is 1. The van der Waals surface area contributed by atoms with Crippen LogP contribution in [0.4, 0.5) is 0 Å². The Morgan fingerprint density at radius 2 is 1.83 bits per heavy atom. The first-order valence-corrected chi connectivity index (χ1v) is 5.80. The Balaban J connectivity index is 2.43. The maximum Gasteiger partial charge on any atom is 0.141 e. The van der Waals surface area contributed by atoms with Crippen LogP contribution in [0.2, 0.25) is 5.02 Å². The van der Waals surface area contributed by atoms with E-state index in [9.17, 15) is 10.2 Å². The van der Waals surface area contributed by atoms with Crippen LogP contribution >= 0.6 is 11.6 Å². The van der Waals surface area contributed by atoms with Crippen molar-refractivity contribution in [3.8, 4) is 11.5 Å². The molecule has 2 N–H and O–H groups in total. The number of halogens is 1. The van der Waals surface area contributed by atoms with E-state index in [1.807, 2.05) is 18.2 Å². The monoisotopic (exact) mass is 264 g/mol. The lowest BCUT2D eigenvalue weighted by Gasteiger charge is -2.15. The number of hydrogen-bond acceptors (Lipinski definition) is 3. The summed E-state index contributed by atoms with van der Waals surface area (Å²) < 4.78 is 4.99. The summed E-state index contributed by atoms with van der Waals surface area (Å²) in [4.78, 5) is 0. The maximum absolute atomic E-state index is 10.2. The van der Waals surface area contributed by atoms with E-state index >= 15 is 0 Å². The molecule has 0 spiro atoms. The van der Waals surface area contributed by atoms with Gasteiger partial charge in [0.25, 0.3) is 0 Å². The van der Waals surface area contributed by atoms with Gasteiger partial charge in [0.15, 0.2) is 0 Å². The fourth-order valence-electron chi connectivity index (χ4n) is 1.75. The topological polar surface area (TPSA) is 49.7 Å². The Kier molecular flexibility index (Phi) is 3.75. The molecule has 0 amide bonds. The van der Waals surface area contributed by atoms with Crippen LogP contribution in [0.15, 0.2) is 42.5 Å². The molecule has 0 aliphatic heterocycles. The lowest BCUT2D eigenvalue weighted by Crippen LogP contribution is -2.00. The van der Waals surface area contributed by atoms with Crippen molar-refractivity contribution in [3.63, 3.8) is 0 Å². The third kappa shape index (κ3) is 2.42. The van der Waals surface area contributed by atoms with E-state index in [1.165, 1.54) is 19.2 Å². The summed E-state index contributed by atoms with van der Waals surface area (Å²) in [5.41, 5.74) is 1.04. The summed E-state index contributed by atoms with van der Waals surface area (Å²) >= 11 is 5.99. The minimum atomic E-state index is -0.922. The average molecular weight is 265 g/mol. The third-order valence-electron chi connectivity index (χ3n) is 2.71. The van der Waals surface area contributed by atoms with Crippen LogP contribution in [0.25, 0.3) is 0 Å². The molecular weight excluding hydrogens is 252 g/mol. The number of aliphatic hydroxyl groups excluding tert-OH is 1. The molecule has 0 aliphatic rings. The second-order valence-electron chi connectivity index (χ2n) is 3.86. The van der Waals surface area contributed by atoms with Gasteiger partial charge in [-0.15, -0.1) is 0 Å². The molecule has 3 nitrogen and oxygen atoms in total. The van der Waals surface area contributed by atoms with Gasteiger partial charge in [0.1, 0.15) is 17.6 Å². The first kappa shape index (κ1) is 12.7. The quantitative estimate of drug-likeness (QED) is 0.895. The van der Waals surface area contributed by atoms with Gasteiger partial charge in [-0.25, -0.2) is 0 Å². The number of aliphatic hydroxyl groups is 1. The molecule has 1 atom stereocenters. The summed E-state index contributed by atoms with van der Waals surface area (Å²) in [6.45, 7) is 0. The number of phenols is 1. The predicted molar refractivity (Wildman–Crippen MR) is 70.2 cm³/mol. The van der Waals surface area contributed by atoms with Crippen LogP contribution in [0.3, 0.4) is 0 Å². The number of aromatic hydroxyl groups is 1. The van der Waals surface area contributed by atoms with Crippen LogP contribution in [-0.2, 0) is 0 Å². The Labute approximate surface area is 110 Å². The van der Waals surface area contributed by atoms with Crippen molar-refractivity contribution in [2.45, 2.75) is 6.10 Å². The Bertz CT molecular complexity index is 540. The van der Waals surface area contributed by atoms with E-state index in [-0.39, 0.29) is 5.75 Å². The van der Waals surface area contributed by atoms with Crippen LogP contribution in [0, 0.1) is 0 Å². The third-order valence-corrected chi connectivity index (χ3v) is 3.01. The molecule has 0 aliphatic carbocycles. The molecule has 0 bridgehead atoms. The summed E-state index contributed by atoms with van der Waals surface area (Å²) in [5.74, 6) is 0.325. The molecule has 2 aromatic carbocycles. The van der Waals surface area contributed by atoms with Crippen LogP contribution < -0.4 is 4.74 Å². The van der Waals surface area contributed by atoms with Crippen molar-refractivity contribution in [1.29, 1.82) is 0 Å². The highest BCUT2D eigenvalue weighted by molar-refractivity contribution is 6.32. The maximum atomic E-state index is 10.2. The number of hydrogen-bond donors (Lipinski definition) is 2. The van der Waals surface area contributed by atoms with E-state index in [0.717, 1.165) is 0 Å². The van der Waals surface area contributed by atoms with Crippen molar-refractivity contribution >= 4 is 11.6 Å². The highest BCUT2D eigenvalue weighted by atomic mass is 35.5. The van der Waals surface area contributed by atoms with Crippen molar-refractivity contribution in [2.75, 3.05) is 7.11 Å². The van der Waals surface area contributed by atoms with Gasteiger partial charge in [0, 0.05) is 11.6 Å². The number of ether oxygens (including phenoxy) is 1. The largest absolute Gasteiger partial charge is 0.507 e. The second kappa shape index (κ2) is 5.29. The molecule has 0 aromatic heterocycles. The minimum Gasteiger partial charge on any atom is -0.507 e. The second-order valence-corrected chi connectivity index (χ2v) is 4.27. The van der Waals surface area contributed by atoms with Gasteiger partial charge < -0.3 is 14.9 Å². The molecular formula is C14H13ClO3. The zero-order valence-corrected chi connectivity index (χ0v) is 10.6. The number of rotatable bonds is 3. The smallest absolute Gasteiger partial charge is 0.141 e. The summed E-state index contributed by atoms with van der Waals surface area (Å²) in [5, 5.41) is 20.4. The van der Waals surface area contributed by atoms with E-state index < -0.39 is 6.10 Å². The van der Waals surface area contributed by atoms with Gasteiger partial charge in [0.05, 0.1) is 12.1 Å². The number of benzene rings is 2. The molecule has 94 valence electrons. The van der Waals surface area contributed by atoms with E-state index in [1.54, 1.807) is 12.1 Å². The highest BCUT2D eigenvalue weighted by Gasteiger charge is 2.17. The van der Waals surface area contributed by atoms with Gasteiger partial charge in [-0.2, -0.15) is 0 Å². The van der Waals surface area contributed by atoms with Crippen molar-refractivity contribution < 1.29 is 14.9 Å². The molecule has 2 rings (SSSR count). The van der Waals surface area contributed by atoms with Crippen LogP contribution in [0.5, 0.6) is 11.5 Å². The lowest BCUT2D eigenvalue weighted by atomic mass is 10.0. The Morgan fingerprint density at radius 1 is 1.17 bits per heavy atom. The SMILES string of the molecule is COc1cc(O)c(C(O)c2ccccc2)cc1Cl. The molecule has 0 radical (unpaired) electrons. The van der Waals surface area contributed by atoms with Crippen molar-refractivity contribution in [3.05, 3.63) is 58.6 Å². The predicted octanol–water partition coefficient (Wildman–Crippen LogP) is 3.14. The fourth-order valence-corrected chi connectivity index (χ4v) is 2.00. The molecule has 0 heterocycles. The molecule has 0 fully saturated rings. The normalized spacial score (nSPS) is 12.2. The molecule has 18 heavy (non-hydrogen) atoms. The van der Waals surface area contributed by atoms with Gasteiger partial charge in [-0.05, 0) is 11.6 Å². The molecule has 2 aromatic rings. The first-order chi connectivity index (χ1) is 8.63. The fraction of sp³-hybridized carbons (Fsp3) is 0.143. The highest BCUT2D eigenvalue weighted by Crippen LogP contribution is 2.36. The summed E-state index contributed by atoms with van der Waals surface area (Å²) in [6, 6.07) is 12.0. The standard InChI is InChI=1S/C14H13ClO3/c1-18-13-8-12(16)10(7-11(13)15)14(17)9-5-3-2-4-6-9/h2-8,14,16-17H,1H3. The van der Waals surface area contributed by atoms with E-state index in [2.05, 4.69) is 0 Å². The van der Waals surface area contributed by atoms with Gasteiger partial charge >= 0.3 is 0 Å². The van der Waals surface area contributed by atoms with E-state index in [0.29, 0.717) is 21.9 Å². The summed E-state index contributed by atoms with van der Waals surface area (Å²) in [7, 11) is 1.47. The van der Waals surface area contributed by atoms with Gasteiger partial charge in [-0.3, -0.25) is 0 Å². The van der Waals surface area contributed by atoms with E-state index in [4.69, 9.17) is 16.3 Å². The molecule has 0 saturated carbocycles. The van der Waals surface area contributed by atoms with Crippen LogP contribution in [-0.4, -0.2) is 17.3 Å². The van der Waals surface area contributed by atoms with Crippen molar-refractivity contribution in [1.82, 2.24) is 0 Å². The van der Waals surface area contributed by atoms with Gasteiger partial charge in [0.2, 0.25) is 0 Å². The average Bonchev–Trinajstić information content (AvgIpc) is 2.41. The molecule has 4 heteroatoms. The van der Waals surface area contributed by atoms with Crippen molar-refractivity contribution in [2.24, 2.45) is 0 Å². The summed E-state index contributed by atoms with van der Waals surface area (Å²) in [6.07, 6.45) is -0.922. The zero-order valence-electron chi connectivity index (χ0n) is 9.80. The molecule has 1 unspecified atom stereocenters. The number of phenolic OH excluding ortho intramolecular Hbond substituents is 1. The molecule has 0 saturated heterocycles.